The Morgan fingerprint density at radius 1 is 1.12 bits per heavy atom. The number of nitrogens with zero attached hydrogens (tertiary/aromatic N) is 1. The standard InChI is InChI=1S/C21H21BrN2O/c1-20(2)11-16-18(17(25)12-20)21(3,13-6-4-7-14(22)10-13)15-8-5-9-23-19(15)24-16/h4-10H,11-12H2,1-3H3,(H,23,24)/t21-/m1/s1. The third kappa shape index (κ3) is 2.54. The van der Waals surface area contributed by atoms with E-state index in [0.717, 1.165) is 39.1 Å². The van der Waals surface area contributed by atoms with E-state index in [-0.39, 0.29) is 11.2 Å². The molecule has 25 heavy (non-hydrogen) atoms. The molecule has 2 aliphatic rings. The molecule has 3 nitrogen and oxygen atoms in total. The number of carbonyl (C=O) groups excluding carboxylic acids is 1. The molecule has 1 N–H and O–H groups in total. The van der Waals surface area contributed by atoms with Crippen molar-refractivity contribution in [1.29, 1.82) is 0 Å². The molecule has 1 atom stereocenters. The highest BCUT2D eigenvalue weighted by Gasteiger charge is 2.47. The zero-order chi connectivity index (χ0) is 17.8. The van der Waals surface area contributed by atoms with Crippen LogP contribution in [0, 0.1) is 5.41 Å². The predicted octanol–water partition coefficient (Wildman–Crippen LogP) is 5.22. The van der Waals surface area contributed by atoms with Gasteiger partial charge in [-0.1, -0.05) is 48.0 Å². The SMILES string of the molecule is CC1(C)CC(=O)C2=C(C1)Nc1ncccc1[C@@]2(C)c1cccc(Br)c1. The summed E-state index contributed by atoms with van der Waals surface area (Å²) in [5.74, 6) is 1.09. The first kappa shape index (κ1) is 16.5. The number of aromatic nitrogens is 1. The summed E-state index contributed by atoms with van der Waals surface area (Å²) < 4.78 is 1.01. The maximum Gasteiger partial charge on any atom is 0.162 e. The molecule has 2 heterocycles. The molecule has 0 fully saturated rings. The van der Waals surface area contributed by atoms with Crippen molar-refractivity contribution in [2.75, 3.05) is 5.32 Å². The molecule has 0 saturated carbocycles. The van der Waals surface area contributed by atoms with Crippen LogP contribution in [0.15, 0.2) is 58.3 Å². The molecular weight excluding hydrogens is 376 g/mol. The minimum Gasteiger partial charge on any atom is -0.343 e. The Kier molecular flexibility index (Phi) is 3.66. The summed E-state index contributed by atoms with van der Waals surface area (Å²) in [6.45, 7) is 6.46. The topological polar surface area (TPSA) is 42.0 Å². The van der Waals surface area contributed by atoms with Gasteiger partial charge in [-0.05, 0) is 42.5 Å². The maximum absolute atomic E-state index is 13.2. The zero-order valence-electron chi connectivity index (χ0n) is 14.7. The third-order valence-electron chi connectivity index (χ3n) is 5.39. The highest BCUT2D eigenvalue weighted by Crippen LogP contribution is 2.52. The number of Topliss-reactive ketones (excluding diaryl/α,β-unsaturated/α-hetero) is 1. The van der Waals surface area contributed by atoms with Crippen LogP contribution in [-0.2, 0) is 10.2 Å². The first-order valence-electron chi connectivity index (χ1n) is 8.57. The number of anilines is 1. The smallest absolute Gasteiger partial charge is 0.162 e. The summed E-state index contributed by atoms with van der Waals surface area (Å²) in [6, 6.07) is 12.3. The molecule has 4 heteroatoms. The second kappa shape index (κ2) is 5.53. The second-order valence-corrected chi connectivity index (χ2v) is 8.87. The summed E-state index contributed by atoms with van der Waals surface area (Å²) in [7, 11) is 0. The number of hydrogen-bond acceptors (Lipinski definition) is 3. The highest BCUT2D eigenvalue weighted by atomic mass is 79.9. The number of hydrogen-bond donors (Lipinski definition) is 1. The lowest BCUT2D eigenvalue weighted by Crippen LogP contribution is -2.42. The molecule has 1 aliphatic carbocycles. The van der Waals surface area contributed by atoms with E-state index in [9.17, 15) is 4.79 Å². The van der Waals surface area contributed by atoms with Crippen molar-refractivity contribution in [2.45, 2.75) is 39.0 Å². The Balaban J connectivity index is 2.02. The number of rotatable bonds is 1. The maximum atomic E-state index is 13.2. The van der Waals surface area contributed by atoms with Crippen LogP contribution in [0.5, 0.6) is 0 Å². The molecule has 1 aliphatic heterocycles. The largest absolute Gasteiger partial charge is 0.343 e. The lowest BCUT2D eigenvalue weighted by Gasteiger charge is -2.44. The van der Waals surface area contributed by atoms with Crippen LogP contribution in [0.25, 0.3) is 0 Å². The molecule has 0 unspecified atom stereocenters. The van der Waals surface area contributed by atoms with Gasteiger partial charge in [0.15, 0.2) is 5.78 Å². The lowest BCUT2D eigenvalue weighted by molar-refractivity contribution is -0.118. The van der Waals surface area contributed by atoms with Crippen molar-refractivity contribution < 1.29 is 4.79 Å². The molecule has 0 saturated heterocycles. The van der Waals surface area contributed by atoms with Gasteiger partial charge in [-0.3, -0.25) is 4.79 Å². The Bertz CT molecular complexity index is 916. The number of pyridine rings is 1. The predicted molar refractivity (Wildman–Crippen MR) is 104 cm³/mol. The van der Waals surface area contributed by atoms with Gasteiger partial charge >= 0.3 is 0 Å². The van der Waals surface area contributed by atoms with E-state index >= 15 is 0 Å². The summed E-state index contributed by atoms with van der Waals surface area (Å²) in [5, 5.41) is 3.46. The molecule has 0 spiro atoms. The highest BCUT2D eigenvalue weighted by molar-refractivity contribution is 9.10. The van der Waals surface area contributed by atoms with E-state index < -0.39 is 5.41 Å². The van der Waals surface area contributed by atoms with Gasteiger partial charge in [-0.15, -0.1) is 0 Å². The van der Waals surface area contributed by atoms with Crippen molar-refractivity contribution >= 4 is 27.5 Å². The van der Waals surface area contributed by atoms with E-state index in [1.807, 2.05) is 18.2 Å². The number of ketones is 1. The number of benzene rings is 1. The molecule has 0 radical (unpaired) electrons. The van der Waals surface area contributed by atoms with Gasteiger partial charge in [0.2, 0.25) is 0 Å². The Morgan fingerprint density at radius 3 is 2.68 bits per heavy atom. The van der Waals surface area contributed by atoms with Gasteiger partial charge in [-0.2, -0.15) is 0 Å². The van der Waals surface area contributed by atoms with Gasteiger partial charge in [-0.25, -0.2) is 4.98 Å². The van der Waals surface area contributed by atoms with Crippen molar-refractivity contribution in [3.8, 4) is 0 Å². The lowest BCUT2D eigenvalue weighted by atomic mass is 9.62. The average Bonchev–Trinajstić information content (AvgIpc) is 2.53. The number of halogens is 1. The van der Waals surface area contributed by atoms with Crippen molar-refractivity contribution in [3.63, 3.8) is 0 Å². The van der Waals surface area contributed by atoms with E-state index in [0.29, 0.717) is 6.42 Å². The molecule has 4 rings (SSSR count). The summed E-state index contributed by atoms with van der Waals surface area (Å²) >= 11 is 3.58. The summed E-state index contributed by atoms with van der Waals surface area (Å²) in [4.78, 5) is 17.8. The zero-order valence-corrected chi connectivity index (χ0v) is 16.3. The van der Waals surface area contributed by atoms with Crippen LogP contribution in [0.3, 0.4) is 0 Å². The van der Waals surface area contributed by atoms with E-state index in [2.05, 4.69) is 65.2 Å². The van der Waals surface area contributed by atoms with E-state index in [4.69, 9.17) is 0 Å². The molecular formula is C21H21BrN2O. The van der Waals surface area contributed by atoms with Crippen molar-refractivity contribution in [3.05, 3.63) is 69.5 Å². The van der Waals surface area contributed by atoms with Crippen molar-refractivity contribution in [2.24, 2.45) is 5.41 Å². The third-order valence-corrected chi connectivity index (χ3v) is 5.89. The summed E-state index contributed by atoms with van der Waals surface area (Å²) in [6.07, 6.45) is 3.23. The van der Waals surface area contributed by atoms with Crippen LogP contribution < -0.4 is 5.32 Å². The minimum absolute atomic E-state index is 0.0343. The minimum atomic E-state index is -0.498. The van der Waals surface area contributed by atoms with Gasteiger partial charge in [0.05, 0.1) is 5.41 Å². The number of allylic oxidation sites excluding steroid dienone is 2. The van der Waals surface area contributed by atoms with Crippen molar-refractivity contribution in [1.82, 2.24) is 4.98 Å². The number of fused-ring (bicyclic) bond motifs is 1. The molecule has 2 aromatic rings. The fourth-order valence-electron chi connectivity index (χ4n) is 4.29. The molecule has 0 amide bonds. The Labute approximate surface area is 156 Å². The quantitative estimate of drug-likeness (QED) is 0.718. The molecule has 128 valence electrons. The fraction of sp³-hybridized carbons (Fsp3) is 0.333. The fourth-order valence-corrected chi connectivity index (χ4v) is 4.69. The van der Waals surface area contributed by atoms with Crippen LogP contribution in [0.2, 0.25) is 0 Å². The first-order valence-corrected chi connectivity index (χ1v) is 9.36. The van der Waals surface area contributed by atoms with Gasteiger partial charge in [0.1, 0.15) is 5.82 Å². The van der Waals surface area contributed by atoms with Crippen LogP contribution in [0.4, 0.5) is 5.82 Å². The van der Waals surface area contributed by atoms with Crippen LogP contribution >= 0.6 is 15.9 Å². The number of carbonyl (C=O) groups is 1. The van der Waals surface area contributed by atoms with Crippen LogP contribution in [-0.4, -0.2) is 10.8 Å². The van der Waals surface area contributed by atoms with E-state index in [1.165, 1.54) is 0 Å². The molecule has 1 aromatic carbocycles. The van der Waals surface area contributed by atoms with E-state index in [1.54, 1.807) is 6.20 Å². The Morgan fingerprint density at radius 2 is 1.92 bits per heavy atom. The average molecular weight is 397 g/mol. The van der Waals surface area contributed by atoms with Crippen LogP contribution in [0.1, 0.15) is 44.7 Å². The van der Waals surface area contributed by atoms with Gasteiger partial charge in [0, 0.05) is 33.9 Å². The molecule has 1 aromatic heterocycles. The second-order valence-electron chi connectivity index (χ2n) is 7.95. The summed E-state index contributed by atoms with van der Waals surface area (Å²) in [5.41, 5.74) is 3.55. The van der Waals surface area contributed by atoms with Gasteiger partial charge in [0.25, 0.3) is 0 Å². The first-order chi connectivity index (χ1) is 11.8. The molecule has 0 bridgehead atoms. The normalized spacial score (nSPS) is 24.4. The van der Waals surface area contributed by atoms with Gasteiger partial charge < -0.3 is 5.32 Å². The number of nitrogens with one attached hydrogen (secondary N) is 1. The Hall–Kier alpha value is -1.94. The monoisotopic (exact) mass is 396 g/mol.